The third-order valence-corrected chi connectivity index (χ3v) is 4.13. The smallest absolute Gasteiger partial charge is 0.410 e. The molecule has 7 nitrogen and oxygen atoms in total. The average Bonchev–Trinajstić information content (AvgIpc) is 2.84. The number of carbonyl (C=O) groups excluding carboxylic acids is 1. The Labute approximate surface area is 163 Å². The van der Waals surface area contributed by atoms with Crippen molar-refractivity contribution in [2.45, 2.75) is 38.9 Å². The van der Waals surface area contributed by atoms with E-state index in [4.69, 9.17) is 25.8 Å². The minimum atomic E-state index is -0.535. The molecule has 27 heavy (non-hydrogen) atoms. The van der Waals surface area contributed by atoms with Crippen LogP contribution >= 0.6 is 11.6 Å². The van der Waals surface area contributed by atoms with Crippen LogP contribution in [-0.4, -0.2) is 59.0 Å². The third kappa shape index (κ3) is 5.43. The zero-order valence-electron chi connectivity index (χ0n) is 15.8. The van der Waals surface area contributed by atoms with Crippen LogP contribution in [0, 0.1) is 0 Å². The molecular weight excluding hydrogens is 370 g/mol. The van der Waals surface area contributed by atoms with Crippen LogP contribution < -0.4 is 4.74 Å². The summed E-state index contributed by atoms with van der Waals surface area (Å²) in [5.41, 5.74) is 0.178. The standard InChI is InChI=1S/C19H24ClN3O4/c1-19(2,3)27-18(24)23-8-5-9-25-13(11-23)12-26-17-14-6-4-7-21-15(14)10-16(20)22-17/h4,6-7,10,13H,5,8-9,11-12H2,1-3H3. The number of pyridine rings is 2. The molecule has 8 heteroatoms. The van der Waals surface area contributed by atoms with E-state index in [1.165, 1.54) is 0 Å². The minimum Gasteiger partial charge on any atom is -0.474 e. The summed E-state index contributed by atoms with van der Waals surface area (Å²) in [6, 6.07) is 5.38. The van der Waals surface area contributed by atoms with Crippen LogP contribution in [0.4, 0.5) is 4.79 Å². The summed E-state index contributed by atoms with van der Waals surface area (Å²) in [5.74, 6) is 0.405. The summed E-state index contributed by atoms with van der Waals surface area (Å²) in [6.07, 6.45) is 1.81. The second-order valence-corrected chi connectivity index (χ2v) is 7.79. The number of hydrogen-bond donors (Lipinski definition) is 0. The van der Waals surface area contributed by atoms with Gasteiger partial charge in [-0.1, -0.05) is 11.6 Å². The van der Waals surface area contributed by atoms with Crippen molar-refractivity contribution in [1.82, 2.24) is 14.9 Å². The van der Waals surface area contributed by atoms with Crippen molar-refractivity contribution in [2.75, 3.05) is 26.3 Å². The maximum absolute atomic E-state index is 12.4. The van der Waals surface area contributed by atoms with E-state index in [2.05, 4.69) is 9.97 Å². The van der Waals surface area contributed by atoms with E-state index < -0.39 is 5.60 Å². The number of carbonyl (C=O) groups is 1. The lowest BCUT2D eigenvalue weighted by atomic mass is 10.2. The van der Waals surface area contributed by atoms with Gasteiger partial charge in [-0.15, -0.1) is 0 Å². The molecule has 0 aliphatic carbocycles. The molecule has 0 N–H and O–H groups in total. The number of amides is 1. The second-order valence-electron chi connectivity index (χ2n) is 7.40. The van der Waals surface area contributed by atoms with Crippen LogP contribution in [0.5, 0.6) is 5.88 Å². The van der Waals surface area contributed by atoms with Gasteiger partial charge in [0.15, 0.2) is 0 Å². The van der Waals surface area contributed by atoms with Crippen LogP contribution in [-0.2, 0) is 9.47 Å². The summed E-state index contributed by atoms with van der Waals surface area (Å²) < 4.78 is 17.2. The maximum atomic E-state index is 12.4. The van der Waals surface area contributed by atoms with Crippen LogP contribution in [0.25, 0.3) is 10.9 Å². The lowest BCUT2D eigenvalue weighted by Gasteiger charge is -2.27. The van der Waals surface area contributed by atoms with Gasteiger partial charge in [-0.2, -0.15) is 0 Å². The molecule has 1 atom stereocenters. The van der Waals surface area contributed by atoms with Crippen molar-refractivity contribution >= 4 is 28.6 Å². The normalized spacial score (nSPS) is 18.2. The van der Waals surface area contributed by atoms with Crippen molar-refractivity contribution < 1.29 is 19.0 Å². The maximum Gasteiger partial charge on any atom is 0.410 e. The minimum absolute atomic E-state index is 0.247. The van der Waals surface area contributed by atoms with Crippen molar-refractivity contribution in [1.29, 1.82) is 0 Å². The number of rotatable bonds is 3. The molecule has 1 unspecified atom stereocenters. The monoisotopic (exact) mass is 393 g/mol. The Morgan fingerprint density at radius 1 is 1.44 bits per heavy atom. The van der Waals surface area contributed by atoms with E-state index in [-0.39, 0.29) is 18.8 Å². The van der Waals surface area contributed by atoms with Crippen molar-refractivity contribution in [2.24, 2.45) is 0 Å². The molecule has 1 aliphatic heterocycles. The molecule has 0 spiro atoms. The first-order valence-corrected chi connectivity index (χ1v) is 9.33. The molecule has 1 aliphatic rings. The predicted molar refractivity (Wildman–Crippen MR) is 102 cm³/mol. The number of nitrogens with zero attached hydrogens (tertiary/aromatic N) is 3. The third-order valence-electron chi connectivity index (χ3n) is 3.94. The molecule has 3 rings (SSSR count). The lowest BCUT2D eigenvalue weighted by Crippen LogP contribution is -2.42. The first-order valence-electron chi connectivity index (χ1n) is 8.95. The highest BCUT2D eigenvalue weighted by atomic mass is 35.5. The van der Waals surface area contributed by atoms with Gasteiger partial charge in [0.05, 0.1) is 17.4 Å². The van der Waals surface area contributed by atoms with Gasteiger partial charge >= 0.3 is 6.09 Å². The Morgan fingerprint density at radius 2 is 2.26 bits per heavy atom. The summed E-state index contributed by atoms with van der Waals surface area (Å²) in [6.45, 7) is 7.34. The Hall–Kier alpha value is -2.12. The largest absolute Gasteiger partial charge is 0.474 e. The van der Waals surface area contributed by atoms with E-state index >= 15 is 0 Å². The number of fused-ring (bicyclic) bond motifs is 1. The van der Waals surface area contributed by atoms with Gasteiger partial charge in [0.2, 0.25) is 5.88 Å². The Kier molecular flexibility index (Phi) is 6.01. The van der Waals surface area contributed by atoms with E-state index in [0.29, 0.717) is 36.2 Å². The molecule has 2 aromatic heterocycles. The molecule has 2 aromatic rings. The predicted octanol–water partition coefficient (Wildman–Crippen LogP) is 3.69. The van der Waals surface area contributed by atoms with Gasteiger partial charge in [0.1, 0.15) is 23.5 Å². The highest BCUT2D eigenvalue weighted by molar-refractivity contribution is 6.30. The molecule has 0 bridgehead atoms. The van der Waals surface area contributed by atoms with Gasteiger partial charge in [0.25, 0.3) is 0 Å². The number of aromatic nitrogens is 2. The fourth-order valence-electron chi connectivity index (χ4n) is 2.79. The first-order chi connectivity index (χ1) is 12.8. The van der Waals surface area contributed by atoms with Crippen LogP contribution in [0.1, 0.15) is 27.2 Å². The van der Waals surface area contributed by atoms with Crippen molar-refractivity contribution in [3.05, 3.63) is 29.5 Å². The molecule has 1 saturated heterocycles. The topological polar surface area (TPSA) is 73.8 Å². The summed E-state index contributed by atoms with van der Waals surface area (Å²) in [5, 5.41) is 1.09. The van der Waals surface area contributed by atoms with Crippen molar-refractivity contribution in [3.8, 4) is 5.88 Å². The second kappa shape index (κ2) is 8.27. The van der Waals surface area contributed by atoms with Crippen molar-refractivity contribution in [3.63, 3.8) is 0 Å². The Balaban J connectivity index is 1.67. The van der Waals surface area contributed by atoms with E-state index in [1.807, 2.05) is 32.9 Å². The average molecular weight is 394 g/mol. The highest BCUT2D eigenvalue weighted by Crippen LogP contribution is 2.25. The van der Waals surface area contributed by atoms with Gasteiger partial charge in [-0.3, -0.25) is 4.98 Å². The molecule has 0 saturated carbocycles. The summed E-state index contributed by atoms with van der Waals surface area (Å²) in [7, 11) is 0. The number of halogens is 1. The SMILES string of the molecule is CC(C)(C)OC(=O)N1CCCOC(COc2nc(Cl)cc3ncccc23)C1. The van der Waals surface area contributed by atoms with Crippen LogP contribution in [0.3, 0.4) is 0 Å². The first kappa shape index (κ1) is 19.6. The number of ether oxygens (including phenoxy) is 3. The quantitative estimate of drug-likeness (QED) is 0.740. The Bertz CT molecular complexity index is 809. The van der Waals surface area contributed by atoms with Crippen LogP contribution in [0.15, 0.2) is 24.4 Å². The molecule has 146 valence electrons. The molecule has 1 fully saturated rings. The van der Waals surface area contributed by atoms with Crippen LogP contribution in [0.2, 0.25) is 5.15 Å². The summed E-state index contributed by atoms with van der Waals surface area (Å²) in [4.78, 5) is 22.6. The van der Waals surface area contributed by atoms with E-state index in [1.54, 1.807) is 17.2 Å². The zero-order valence-corrected chi connectivity index (χ0v) is 16.5. The zero-order chi connectivity index (χ0) is 19.4. The van der Waals surface area contributed by atoms with Gasteiger partial charge < -0.3 is 19.1 Å². The van der Waals surface area contributed by atoms with Gasteiger partial charge in [-0.25, -0.2) is 9.78 Å². The lowest BCUT2D eigenvalue weighted by molar-refractivity contribution is 0.00253. The summed E-state index contributed by atoms with van der Waals surface area (Å²) >= 11 is 6.07. The Morgan fingerprint density at radius 3 is 3.04 bits per heavy atom. The fraction of sp³-hybridized carbons (Fsp3) is 0.526. The van der Waals surface area contributed by atoms with Gasteiger partial charge in [-0.05, 0) is 39.3 Å². The van der Waals surface area contributed by atoms with Gasteiger partial charge in [0, 0.05) is 25.4 Å². The number of hydrogen-bond acceptors (Lipinski definition) is 6. The van der Waals surface area contributed by atoms with E-state index in [9.17, 15) is 4.79 Å². The van der Waals surface area contributed by atoms with E-state index in [0.717, 1.165) is 11.8 Å². The molecule has 3 heterocycles. The highest BCUT2D eigenvalue weighted by Gasteiger charge is 2.27. The molecule has 0 aromatic carbocycles. The molecular formula is C19H24ClN3O4. The fourth-order valence-corrected chi connectivity index (χ4v) is 2.97. The molecule has 1 amide bonds. The molecule has 0 radical (unpaired) electrons.